The Morgan fingerprint density at radius 3 is 2.48 bits per heavy atom. The minimum atomic E-state index is -0.285. The van der Waals surface area contributed by atoms with E-state index in [0.717, 1.165) is 30.0 Å². The Hall–Kier alpha value is -1.94. The molecule has 1 saturated heterocycles. The fraction of sp³-hybridized carbons (Fsp3) is 0.412. The molecule has 3 rings (SSSR count). The standard InChI is InChI=1S/C17H21N3O/c1-12-7-16(8-13(2)19-12)20-10-15(17(21)11-20)9-14-3-5-18-6-4-14/h3-8,15,17,21H,9-11H2,1-2H3/t15-,17+/m1/s1. The molecule has 21 heavy (non-hydrogen) atoms. The number of aryl methyl sites for hydroxylation is 2. The third kappa shape index (κ3) is 3.22. The number of aromatic nitrogens is 2. The maximum atomic E-state index is 10.3. The van der Waals surface area contributed by atoms with Gasteiger partial charge in [-0.25, -0.2) is 0 Å². The van der Waals surface area contributed by atoms with Crippen molar-refractivity contribution in [3.63, 3.8) is 0 Å². The third-order valence-corrected chi connectivity index (χ3v) is 4.09. The number of anilines is 1. The lowest BCUT2D eigenvalue weighted by Gasteiger charge is -2.19. The average molecular weight is 283 g/mol. The van der Waals surface area contributed by atoms with E-state index in [0.29, 0.717) is 6.54 Å². The van der Waals surface area contributed by atoms with E-state index in [1.54, 1.807) is 0 Å². The van der Waals surface area contributed by atoms with E-state index in [-0.39, 0.29) is 12.0 Å². The van der Waals surface area contributed by atoms with E-state index < -0.39 is 0 Å². The van der Waals surface area contributed by atoms with Gasteiger partial charge in [0.25, 0.3) is 0 Å². The van der Waals surface area contributed by atoms with Crippen LogP contribution in [0.2, 0.25) is 0 Å². The van der Waals surface area contributed by atoms with Crippen LogP contribution in [0.1, 0.15) is 17.0 Å². The molecule has 1 aliphatic rings. The maximum Gasteiger partial charge on any atom is 0.0763 e. The number of rotatable bonds is 3. The van der Waals surface area contributed by atoms with Crippen molar-refractivity contribution in [2.24, 2.45) is 5.92 Å². The molecular weight excluding hydrogens is 262 g/mol. The first kappa shape index (κ1) is 14.0. The number of hydrogen-bond donors (Lipinski definition) is 1. The zero-order chi connectivity index (χ0) is 14.8. The second-order valence-electron chi connectivity index (χ2n) is 5.90. The van der Waals surface area contributed by atoms with Gasteiger partial charge in [0.1, 0.15) is 0 Å². The van der Waals surface area contributed by atoms with Crippen LogP contribution >= 0.6 is 0 Å². The van der Waals surface area contributed by atoms with E-state index >= 15 is 0 Å². The van der Waals surface area contributed by atoms with Gasteiger partial charge in [0, 0.05) is 48.5 Å². The summed E-state index contributed by atoms with van der Waals surface area (Å²) in [6.07, 6.45) is 4.23. The van der Waals surface area contributed by atoms with Gasteiger partial charge in [-0.3, -0.25) is 9.97 Å². The number of β-amino-alcohol motifs (C(OH)–C–C–N with tert-alkyl or cyclic N) is 1. The predicted molar refractivity (Wildman–Crippen MR) is 83.4 cm³/mol. The minimum Gasteiger partial charge on any atom is -0.391 e. The second-order valence-corrected chi connectivity index (χ2v) is 5.90. The number of pyridine rings is 2. The fourth-order valence-corrected chi connectivity index (χ4v) is 3.08. The molecule has 0 aliphatic carbocycles. The molecule has 0 unspecified atom stereocenters. The van der Waals surface area contributed by atoms with Crippen LogP contribution in [0, 0.1) is 19.8 Å². The van der Waals surface area contributed by atoms with Crippen molar-refractivity contribution in [1.82, 2.24) is 9.97 Å². The molecule has 4 nitrogen and oxygen atoms in total. The zero-order valence-electron chi connectivity index (χ0n) is 12.5. The average Bonchev–Trinajstić information content (AvgIpc) is 2.80. The summed E-state index contributed by atoms with van der Waals surface area (Å²) in [6, 6.07) is 8.23. The Morgan fingerprint density at radius 2 is 1.81 bits per heavy atom. The molecule has 0 bridgehead atoms. The van der Waals surface area contributed by atoms with E-state index in [1.807, 2.05) is 38.4 Å². The van der Waals surface area contributed by atoms with Gasteiger partial charge in [-0.2, -0.15) is 0 Å². The van der Waals surface area contributed by atoms with Gasteiger partial charge in [0.05, 0.1) is 6.10 Å². The first-order valence-corrected chi connectivity index (χ1v) is 7.39. The zero-order valence-corrected chi connectivity index (χ0v) is 12.5. The topological polar surface area (TPSA) is 49.2 Å². The Bertz CT molecular complexity index is 594. The molecule has 2 atom stereocenters. The molecule has 1 N–H and O–H groups in total. The molecule has 0 spiro atoms. The van der Waals surface area contributed by atoms with E-state index in [1.165, 1.54) is 5.56 Å². The number of aliphatic hydroxyl groups excluding tert-OH is 1. The van der Waals surface area contributed by atoms with Gasteiger partial charge in [-0.15, -0.1) is 0 Å². The number of nitrogens with zero attached hydrogens (tertiary/aromatic N) is 3. The van der Waals surface area contributed by atoms with Gasteiger partial charge in [0.2, 0.25) is 0 Å². The maximum absolute atomic E-state index is 10.3. The highest BCUT2D eigenvalue weighted by Crippen LogP contribution is 2.27. The van der Waals surface area contributed by atoms with Gasteiger partial charge >= 0.3 is 0 Å². The first-order valence-electron chi connectivity index (χ1n) is 7.39. The molecule has 2 aromatic heterocycles. The SMILES string of the molecule is Cc1cc(N2C[C@@H](Cc3ccncc3)[C@@H](O)C2)cc(C)n1. The number of hydrogen-bond acceptors (Lipinski definition) is 4. The number of aliphatic hydroxyl groups is 1. The van der Waals surface area contributed by atoms with Crippen molar-refractivity contribution in [2.75, 3.05) is 18.0 Å². The molecule has 0 aromatic carbocycles. The van der Waals surface area contributed by atoms with Crippen LogP contribution in [0.5, 0.6) is 0 Å². The van der Waals surface area contributed by atoms with Crippen molar-refractivity contribution in [2.45, 2.75) is 26.4 Å². The van der Waals surface area contributed by atoms with Crippen molar-refractivity contribution >= 4 is 5.69 Å². The van der Waals surface area contributed by atoms with E-state index in [4.69, 9.17) is 0 Å². The Morgan fingerprint density at radius 1 is 1.14 bits per heavy atom. The third-order valence-electron chi connectivity index (χ3n) is 4.09. The first-order chi connectivity index (χ1) is 10.1. The van der Waals surface area contributed by atoms with Crippen LogP contribution in [-0.2, 0) is 6.42 Å². The van der Waals surface area contributed by atoms with Crippen LogP contribution in [0.15, 0.2) is 36.7 Å². The van der Waals surface area contributed by atoms with Gasteiger partial charge in [-0.05, 0) is 50.1 Å². The van der Waals surface area contributed by atoms with Crippen molar-refractivity contribution in [3.8, 4) is 0 Å². The summed E-state index contributed by atoms with van der Waals surface area (Å²) in [5.41, 5.74) is 4.45. The summed E-state index contributed by atoms with van der Waals surface area (Å²) in [7, 11) is 0. The molecule has 1 fully saturated rings. The van der Waals surface area contributed by atoms with Gasteiger partial charge in [0.15, 0.2) is 0 Å². The predicted octanol–water partition coefficient (Wildman–Crippen LogP) is 2.13. The fourth-order valence-electron chi connectivity index (χ4n) is 3.08. The lowest BCUT2D eigenvalue weighted by Crippen LogP contribution is -2.21. The van der Waals surface area contributed by atoms with Gasteiger partial charge < -0.3 is 10.0 Å². The van der Waals surface area contributed by atoms with E-state index in [2.05, 4.69) is 27.0 Å². The molecule has 3 heterocycles. The highest BCUT2D eigenvalue weighted by Gasteiger charge is 2.31. The van der Waals surface area contributed by atoms with Crippen LogP contribution in [-0.4, -0.2) is 34.3 Å². The van der Waals surface area contributed by atoms with Gasteiger partial charge in [-0.1, -0.05) is 0 Å². The Balaban J connectivity index is 1.73. The molecule has 110 valence electrons. The van der Waals surface area contributed by atoms with E-state index in [9.17, 15) is 5.11 Å². The quantitative estimate of drug-likeness (QED) is 0.937. The highest BCUT2D eigenvalue weighted by atomic mass is 16.3. The minimum absolute atomic E-state index is 0.265. The molecule has 2 aromatic rings. The molecule has 0 saturated carbocycles. The summed E-state index contributed by atoms with van der Waals surface area (Å²) in [6.45, 7) is 5.60. The van der Waals surface area contributed by atoms with Crippen LogP contribution in [0.4, 0.5) is 5.69 Å². The summed E-state index contributed by atoms with van der Waals surface area (Å²) in [4.78, 5) is 10.7. The van der Waals surface area contributed by atoms with Crippen LogP contribution in [0.25, 0.3) is 0 Å². The monoisotopic (exact) mass is 283 g/mol. The summed E-state index contributed by atoms with van der Waals surface area (Å²) in [5.74, 6) is 0.265. The van der Waals surface area contributed by atoms with Crippen LogP contribution < -0.4 is 4.90 Å². The molecule has 0 radical (unpaired) electrons. The normalized spacial score (nSPS) is 21.8. The lowest BCUT2D eigenvalue weighted by molar-refractivity contribution is 0.148. The Kier molecular flexibility index (Phi) is 3.88. The van der Waals surface area contributed by atoms with Crippen molar-refractivity contribution in [3.05, 3.63) is 53.6 Å². The highest BCUT2D eigenvalue weighted by molar-refractivity contribution is 5.49. The summed E-state index contributed by atoms with van der Waals surface area (Å²) < 4.78 is 0. The molecule has 0 amide bonds. The second kappa shape index (κ2) is 5.82. The molecular formula is C17H21N3O. The van der Waals surface area contributed by atoms with Crippen LogP contribution in [0.3, 0.4) is 0 Å². The van der Waals surface area contributed by atoms with Crippen molar-refractivity contribution in [1.29, 1.82) is 0 Å². The smallest absolute Gasteiger partial charge is 0.0763 e. The summed E-state index contributed by atoms with van der Waals surface area (Å²) in [5, 5.41) is 10.3. The Labute approximate surface area is 125 Å². The van der Waals surface area contributed by atoms with Crippen molar-refractivity contribution < 1.29 is 5.11 Å². The summed E-state index contributed by atoms with van der Waals surface area (Å²) >= 11 is 0. The molecule has 4 heteroatoms. The lowest BCUT2D eigenvalue weighted by atomic mass is 9.97. The molecule has 1 aliphatic heterocycles. The largest absolute Gasteiger partial charge is 0.391 e.